The van der Waals surface area contributed by atoms with Crippen LogP contribution in [0.5, 0.6) is 0 Å². The van der Waals surface area contributed by atoms with Crippen molar-refractivity contribution in [2.24, 2.45) is 0 Å². The summed E-state index contributed by atoms with van der Waals surface area (Å²) in [6, 6.07) is 23.6. The normalized spacial score (nSPS) is 12.3. The summed E-state index contributed by atoms with van der Waals surface area (Å²) in [7, 11) is 0. The van der Waals surface area contributed by atoms with Crippen molar-refractivity contribution in [1.29, 1.82) is 0 Å². The molecule has 0 unspecified atom stereocenters. The van der Waals surface area contributed by atoms with E-state index in [1.54, 1.807) is 12.7 Å². The van der Waals surface area contributed by atoms with E-state index in [1.807, 2.05) is 10.7 Å². The lowest BCUT2D eigenvalue weighted by Crippen LogP contribution is -2.11. The molecule has 0 radical (unpaired) electrons. The molecule has 4 aromatic rings. The lowest BCUT2D eigenvalue weighted by atomic mass is 9.98. The monoisotopic (exact) mass is 410 g/mol. The van der Waals surface area contributed by atoms with Crippen LogP contribution < -0.4 is 16.0 Å². The number of rotatable bonds is 8. The van der Waals surface area contributed by atoms with Crippen molar-refractivity contribution in [2.75, 3.05) is 29.0 Å². The Morgan fingerprint density at radius 1 is 0.935 bits per heavy atom. The van der Waals surface area contributed by atoms with Crippen LogP contribution in [0.4, 0.5) is 17.1 Å². The number of fused-ring (bicyclic) bond motifs is 1. The molecule has 0 atom stereocenters. The first kappa shape index (κ1) is 19.2. The molecule has 0 saturated heterocycles. The number of anilines is 3. The lowest BCUT2D eigenvalue weighted by Gasteiger charge is -2.17. The molecule has 1 aromatic heterocycles. The summed E-state index contributed by atoms with van der Waals surface area (Å²) in [4.78, 5) is 4.02. The van der Waals surface area contributed by atoms with Crippen LogP contribution in [0.1, 0.15) is 11.1 Å². The van der Waals surface area contributed by atoms with E-state index in [4.69, 9.17) is 0 Å². The van der Waals surface area contributed by atoms with Crippen LogP contribution in [0, 0.1) is 0 Å². The molecular weight excluding hydrogens is 384 g/mol. The number of hydrogen-bond donors (Lipinski definition) is 3. The minimum absolute atomic E-state index is 0.762. The zero-order valence-corrected chi connectivity index (χ0v) is 17.4. The van der Waals surface area contributed by atoms with E-state index >= 15 is 0 Å². The van der Waals surface area contributed by atoms with Crippen LogP contribution in [0.2, 0.25) is 0 Å². The van der Waals surface area contributed by atoms with Crippen LogP contribution in [-0.4, -0.2) is 27.9 Å². The van der Waals surface area contributed by atoms with E-state index in [9.17, 15) is 0 Å². The molecule has 0 amide bonds. The molecule has 1 aliphatic rings. The summed E-state index contributed by atoms with van der Waals surface area (Å²) < 4.78 is 1.84. The molecule has 0 spiro atoms. The highest BCUT2D eigenvalue weighted by molar-refractivity contribution is 5.90. The number of nitrogens with zero attached hydrogens (tertiary/aromatic N) is 3. The van der Waals surface area contributed by atoms with Crippen LogP contribution in [0.25, 0.3) is 11.1 Å². The summed E-state index contributed by atoms with van der Waals surface area (Å²) in [6.45, 7) is 3.33. The fraction of sp³-hybridized carbons (Fsp3) is 0.200. The zero-order valence-electron chi connectivity index (χ0n) is 17.4. The minimum atomic E-state index is 0.762. The van der Waals surface area contributed by atoms with Gasteiger partial charge in [0, 0.05) is 47.8 Å². The van der Waals surface area contributed by atoms with Gasteiger partial charge >= 0.3 is 0 Å². The van der Waals surface area contributed by atoms with Crippen molar-refractivity contribution in [3.63, 3.8) is 0 Å². The second kappa shape index (κ2) is 8.92. The maximum Gasteiger partial charge on any atom is 0.137 e. The molecule has 6 heteroatoms. The molecule has 6 nitrogen and oxygen atoms in total. The van der Waals surface area contributed by atoms with E-state index in [1.165, 1.54) is 27.9 Å². The van der Waals surface area contributed by atoms with Gasteiger partial charge in [-0.2, -0.15) is 5.10 Å². The summed E-state index contributed by atoms with van der Waals surface area (Å²) in [6.07, 6.45) is 4.38. The molecule has 1 aliphatic heterocycles. The van der Waals surface area contributed by atoms with Gasteiger partial charge < -0.3 is 16.0 Å². The van der Waals surface area contributed by atoms with Crippen molar-refractivity contribution in [3.8, 4) is 11.1 Å². The van der Waals surface area contributed by atoms with E-state index in [0.717, 1.165) is 44.0 Å². The summed E-state index contributed by atoms with van der Waals surface area (Å²) >= 11 is 0. The van der Waals surface area contributed by atoms with Gasteiger partial charge in [-0.15, -0.1) is 0 Å². The van der Waals surface area contributed by atoms with Gasteiger partial charge in [-0.25, -0.2) is 4.98 Å². The van der Waals surface area contributed by atoms with Crippen LogP contribution in [-0.2, 0) is 19.5 Å². The molecule has 5 rings (SSSR count). The molecule has 0 fully saturated rings. The molecule has 0 bridgehead atoms. The van der Waals surface area contributed by atoms with Crippen molar-refractivity contribution in [2.45, 2.75) is 19.5 Å². The lowest BCUT2D eigenvalue weighted by molar-refractivity contribution is 0.636. The summed E-state index contributed by atoms with van der Waals surface area (Å²) in [5.74, 6) is 0. The smallest absolute Gasteiger partial charge is 0.137 e. The molecule has 31 heavy (non-hydrogen) atoms. The number of aromatic nitrogens is 3. The Morgan fingerprint density at radius 3 is 2.74 bits per heavy atom. The third kappa shape index (κ3) is 4.38. The Labute approximate surface area is 182 Å². The summed E-state index contributed by atoms with van der Waals surface area (Å²) in [5, 5.41) is 14.9. The highest BCUT2D eigenvalue weighted by Crippen LogP contribution is 2.39. The Hall–Kier alpha value is -3.80. The van der Waals surface area contributed by atoms with Gasteiger partial charge in [-0.3, -0.25) is 4.68 Å². The quantitative estimate of drug-likeness (QED) is 0.395. The SMILES string of the molecule is c1ccc(CNc2ccc(NCCn3cncn3)c(-c3cccc4c3NCC4)c2)cc1. The summed E-state index contributed by atoms with van der Waals surface area (Å²) in [5.41, 5.74) is 8.56. The standard InChI is InChI=1S/C25H26N6/c1-2-5-19(6-3-1)16-29-21-9-10-24(27-13-14-31-18-26-17-30-31)23(15-21)22-8-4-7-20-11-12-28-25(20)22/h1-10,15,17-18,27-29H,11-14,16H2. The first-order chi connectivity index (χ1) is 15.4. The average Bonchev–Trinajstić information content (AvgIpc) is 3.51. The molecule has 2 heterocycles. The molecule has 0 saturated carbocycles. The third-order valence-electron chi connectivity index (χ3n) is 5.62. The minimum Gasteiger partial charge on any atom is -0.384 e. The average molecular weight is 411 g/mol. The van der Waals surface area contributed by atoms with Gasteiger partial charge in [0.2, 0.25) is 0 Å². The first-order valence-electron chi connectivity index (χ1n) is 10.7. The topological polar surface area (TPSA) is 66.8 Å². The molecule has 3 aromatic carbocycles. The van der Waals surface area contributed by atoms with Crippen molar-refractivity contribution < 1.29 is 0 Å². The van der Waals surface area contributed by atoms with Gasteiger partial charge in [-0.1, -0.05) is 48.5 Å². The van der Waals surface area contributed by atoms with Gasteiger partial charge in [0.1, 0.15) is 12.7 Å². The second-order valence-corrected chi connectivity index (χ2v) is 7.70. The largest absolute Gasteiger partial charge is 0.384 e. The van der Waals surface area contributed by atoms with E-state index < -0.39 is 0 Å². The van der Waals surface area contributed by atoms with Gasteiger partial charge in [-0.05, 0) is 35.7 Å². The number of nitrogens with one attached hydrogen (secondary N) is 3. The first-order valence-corrected chi connectivity index (χ1v) is 10.7. The Kier molecular flexibility index (Phi) is 5.52. The number of para-hydroxylation sites is 1. The van der Waals surface area contributed by atoms with E-state index in [0.29, 0.717) is 0 Å². The Bertz CT molecular complexity index is 1140. The molecule has 3 N–H and O–H groups in total. The fourth-order valence-electron chi connectivity index (χ4n) is 4.05. The molecular formula is C25H26N6. The van der Waals surface area contributed by atoms with Gasteiger partial charge in [0.15, 0.2) is 0 Å². The van der Waals surface area contributed by atoms with Crippen molar-refractivity contribution in [3.05, 3.63) is 90.5 Å². The highest BCUT2D eigenvalue weighted by Gasteiger charge is 2.17. The Morgan fingerprint density at radius 2 is 1.87 bits per heavy atom. The predicted octanol–water partition coefficient (Wildman–Crippen LogP) is 4.64. The fourth-order valence-corrected chi connectivity index (χ4v) is 4.05. The van der Waals surface area contributed by atoms with Crippen molar-refractivity contribution in [1.82, 2.24) is 14.8 Å². The van der Waals surface area contributed by atoms with Crippen LogP contribution >= 0.6 is 0 Å². The maximum atomic E-state index is 4.19. The Balaban J connectivity index is 1.42. The molecule has 0 aliphatic carbocycles. The number of hydrogen-bond acceptors (Lipinski definition) is 5. The maximum absolute atomic E-state index is 4.19. The third-order valence-corrected chi connectivity index (χ3v) is 5.62. The van der Waals surface area contributed by atoms with Crippen LogP contribution in [0.3, 0.4) is 0 Å². The van der Waals surface area contributed by atoms with E-state index in [-0.39, 0.29) is 0 Å². The van der Waals surface area contributed by atoms with Crippen molar-refractivity contribution >= 4 is 17.1 Å². The highest BCUT2D eigenvalue weighted by atomic mass is 15.3. The van der Waals surface area contributed by atoms with Gasteiger partial charge in [0.05, 0.1) is 6.54 Å². The van der Waals surface area contributed by atoms with E-state index in [2.05, 4.69) is 86.7 Å². The van der Waals surface area contributed by atoms with Crippen LogP contribution in [0.15, 0.2) is 79.4 Å². The predicted molar refractivity (Wildman–Crippen MR) is 126 cm³/mol. The van der Waals surface area contributed by atoms with Gasteiger partial charge in [0.25, 0.3) is 0 Å². The number of benzene rings is 3. The zero-order chi connectivity index (χ0) is 20.9. The second-order valence-electron chi connectivity index (χ2n) is 7.70. The molecule has 156 valence electrons.